The lowest BCUT2D eigenvalue weighted by atomic mass is 9.93. The van der Waals surface area contributed by atoms with E-state index in [0.717, 1.165) is 23.2 Å². The van der Waals surface area contributed by atoms with Crippen LogP contribution in [-0.4, -0.2) is 86.5 Å². The number of β-lactam (4-membered cyclic amide) rings is 1. The summed E-state index contributed by atoms with van der Waals surface area (Å²) < 4.78 is 1.05. The Kier molecular flexibility index (Phi) is 5.68. The number of quaternary nitrogens is 1. The average Bonchev–Trinajstić information content (AvgIpc) is 3.12. The fourth-order valence-corrected chi connectivity index (χ4v) is 7.47. The quantitative estimate of drug-likeness (QED) is 0.375. The zero-order valence-corrected chi connectivity index (χ0v) is 15.7. The van der Waals surface area contributed by atoms with E-state index >= 15 is 0 Å². The highest BCUT2D eigenvalue weighted by Crippen LogP contribution is 2.52. The number of hydrogen-bond acceptors (Lipinski definition) is 5. The molecule has 0 spiro atoms. The fourth-order valence-electron chi connectivity index (χ4n) is 4.09. The molecule has 2 N–H and O–H groups in total. The van der Waals surface area contributed by atoms with Crippen LogP contribution in [0.2, 0.25) is 0 Å². The van der Waals surface area contributed by atoms with Crippen LogP contribution >= 0.6 is 23.5 Å². The molecular formula is C16H27N2O4S2+. The van der Waals surface area contributed by atoms with Crippen LogP contribution < -0.4 is 0 Å². The number of carboxylic acid groups (broad SMARTS) is 1. The molecule has 0 aliphatic carbocycles. The summed E-state index contributed by atoms with van der Waals surface area (Å²) in [5.74, 6) is -0.278. The van der Waals surface area contributed by atoms with Crippen molar-refractivity contribution in [3.8, 4) is 0 Å². The zero-order chi connectivity index (χ0) is 17.3. The maximum atomic E-state index is 12.2. The Morgan fingerprint density at radius 2 is 2.12 bits per heavy atom. The first-order chi connectivity index (χ1) is 11.5. The summed E-state index contributed by atoms with van der Waals surface area (Å²) in [5.41, 5.74) is 0. The van der Waals surface area contributed by atoms with E-state index in [-0.39, 0.29) is 28.4 Å². The first-order valence-corrected chi connectivity index (χ1v) is 10.7. The molecule has 6 nitrogen and oxygen atoms in total. The highest BCUT2D eigenvalue weighted by Gasteiger charge is 2.60. The van der Waals surface area contributed by atoms with Crippen molar-refractivity contribution in [2.24, 2.45) is 5.92 Å². The first-order valence-electron chi connectivity index (χ1n) is 8.73. The van der Waals surface area contributed by atoms with E-state index in [0.29, 0.717) is 6.42 Å². The molecule has 136 valence electrons. The molecule has 8 heteroatoms. The smallest absolute Gasteiger partial charge is 0.328 e. The minimum atomic E-state index is -0.906. The molecule has 0 radical (unpaired) electrons. The summed E-state index contributed by atoms with van der Waals surface area (Å²) in [6, 6.07) is -0.719. The van der Waals surface area contributed by atoms with Crippen molar-refractivity contribution in [3.63, 3.8) is 0 Å². The summed E-state index contributed by atoms with van der Waals surface area (Å²) in [6.07, 6.45) is 4.15. The number of carboxylic acids is 1. The zero-order valence-electron chi connectivity index (χ0n) is 14.1. The number of aliphatic hydroxyl groups excluding tert-OH is 1. The summed E-state index contributed by atoms with van der Waals surface area (Å²) in [4.78, 5) is 25.3. The number of rotatable bonds is 8. The van der Waals surface area contributed by atoms with E-state index in [9.17, 15) is 14.7 Å². The fraction of sp³-hybridized carbons (Fsp3) is 0.875. The molecule has 24 heavy (non-hydrogen) atoms. The number of fused-ring (bicyclic) bond motifs is 1. The van der Waals surface area contributed by atoms with E-state index in [1.165, 1.54) is 30.8 Å². The third-order valence-corrected chi connectivity index (χ3v) is 8.70. The van der Waals surface area contributed by atoms with Gasteiger partial charge in [-0.15, -0.1) is 23.5 Å². The maximum Gasteiger partial charge on any atom is 0.328 e. The Morgan fingerprint density at radius 1 is 1.42 bits per heavy atom. The van der Waals surface area contributed by atoms with Gasteiger partial charge in [0.25, 0.3) is 0 Å². The van der Waals surface area contributed by atoms with Crippen LogP contribution in [0.5, 0.6) is 0 Å². The predicted molar refractivity (Wildman–Crippen MR) is 95.7 cm³/mol. The van der Waals surface area contributed by atoms with Gasteiger partial charge in [0, 0.05) is 25.9 Å². The van der Waals surface area contributed by atoms with Gasteiger partial charge in [-0.2, -0.15) is 0 Å². The summed E-state index contributed by atoms with van der Waals surface area (Å²) in [7, 11) is 2.31. The minimum absolute atomic E-state index is 0.0205. The van der Waals surface area contributed by atoms with Gasteiger partial charge in [-0.25, -0.2) is 4.79 Å². The van der Waals surface area contributed by atoms with Gasteiger partial charge in [0.15, 0.2) is 6.04 Å². The molecule has 3 fully saturated rings. The van der Waals surface area contributed by atoms with Gasteiger partial charge in [-0.05, 0) is 12.2 Å². The van der Waals surface area contributed by atoms with Gasteiger partial charge in [0.05, 0.1) is 42.6 Å². The molecule has 4 atom stereocenters. The number of aliphatic carboxylic acids is 1. The van der Waals surface area contributed by atoms with Gasteiger partial charge >= 0.3 is 5.97 Å². The van der Waals surface area contributed by atoms with Crippen LogP contribution in [0.15, 0.2) is 0 Å². The lowest BCUT2D eigenvalue weighted by Gasteiger charge is -2.43. The van der Waals surface area contributed by atoms with Gasteiger partial charge < -0.3 is 19.6 Å². The molecule has 0 aromatic carbocycles. The highest BCUT2D eigenvalue weighted by molar-refractivity contribution is 8.17. The Labute approximate surface area is 151 Å². The highest BCUT2D eigenvalue weighted by atomic mass is 32.2. The molecule has 0 bridgehead atoms. The van der Waals surface area contributed by atoms with Crippen molar-refractivity contribution in [1.29, 1.82) is 0 Å². The van der Waals surface area contributed by atoms with Gasteiger partial charge in [0.1, 0.15) is 0 Å². The van der Waals surface area contributed by atoms with Crippen molar-refractivity contribution in [3.05, 3.63) is 0 Å². The van der Waals surface area contributed by atoms with E-state index in [1.54, 1.807) is 23.5 Å². The number of amides is 1. The van der Waals surface area contributed by atoms with Crippen molar-refractivity contribution >= 4 is 35.4 Å². The van der Waals surface area contributed by atoms with E-state index in [2.05, 4.69) is 7.05 Å². The molecule has 3 aliphatic rings. The SMILES string of the molecule is C[N+]1(CCCSC2S[C@H]3C(CCO)C(=O)N3C2C(=O)O)CCCC1. The maximum absolute atomic E-state index is 12.2. The third-order valence-electron chi connectivity index (χ3n) is 5.48. The summed E-state index contributed by atoms with van der Waals surface area (Å²) in [5, 5.41) is 18.6. The molecule has 0 aromatic rings. The van der Waals surface area contributed by atoms with Crippen LogP contribution in [0.4, 0.5) is 0 Å². The van der Waals surface area contributed by atoms with Gasteiger partial charge in [-0.3, -0.25) is 4.79 Å². The number of nitrogens with zero attached hydrogens (tertiary/aromatic N) is 2. The molecule has 3 saturated heterocycles. The normalized spacial score (nSPS) is 34.2. The second kappa shape index (κ2) is 7.43. The first kappa shape index (κ1) is 18.4. The minimum Gasteiger partial charge on any atom is -0.480 e. The van der Waals surface area contributed by atoms with E-state index < -0.39 is 12.0 Å². The second-order valence-electron chi connectivity index (χ2n) is 7.26. The molecule has 0 aromatic heterocycles. The number of carbonyl (C=O) groups is 2. The number of aliphatic hydroxyl groups is 1. The lowest BCUT2D eigenvalue weighted by molar-refractivity contribution is -0.897. The van der Waals surface area contributed by atoms with Crippen LogP contribution in [0.3, 0.4) is 0 Å². The van der Waals surface area contributed by atoms with E-state index in [1.807, 2.05) is 0 Å². The molecule has 3 rings (SSSR count). The number of thioether (sulfide) groups is 2. The summed E-state index contributed by atoms with van der Waals surface area (Å²) in [6.45, 7) is 3.65. The third kappa shape index (κ3) is 3.43. The van der Waals surface area contributed by atoms with Crippen molar-refractivity contribution in [2.45, 2.75) is 41.7 Å². The van der Waals surface area contributed by atoms with Crippen molar-refractivity contribution in [1.82, 2.24) is 4.90 Å². The van der Waals surface area contributed by atoms with Crippen LogP contribution in [0.1, 0.15) is 25.7 Å². The molecule has 3 unspecified atom stereocenters. The Morgan fingerprint density at radius 3 is 2.75 bits per heavy atom. The van der Waals surface area contributed by atoms with Crippen LogP contribution in [-0.2, 0) is 9.59 Å². The van der Waals surface area contributed by atoms with Gasteiger partial charge in [-0.1, -0.05) is 0 Å². The average molecular weight is 376 g/mol. The van der Waals surface area contributed by atoms with E-state index in [4.69, 9.17) is 5.11 Å². The number of hydrogen-bond donors (Lipinski definition) is 2. The second-order valence-corrected chi connectivity index (χ2v) is 10.1. The van der Waals surface area contributed by atoms with Crippen LogP contribution in [0.25, 0.3) is 0 Å². The Hall–Kier alpha value is -0.440. The van der Waals surface area contributed by atoms with Crippen molar-refractivity contribution in [2.75, 3.05) is 39.0 Å². The number of likely N-dealkylation sites (tertiary alicyclic amines) is 1. The molecule has 3 heterocycles. The molecular weight excluding hydrogens is 348 g/mol. The molecule has 0 saturated carbocycles. The topological polar surface area (TPSA) is 77.8 Å². The monoisotopic (exact) mass is 375 g/mol. The van der Waals surface area contributed by atoms with Crippen LogP contribution in [0, 0.1) is 5.92 Å². The largest absolute Gasteiger partial charge is 0.480 e. The predicted octanol–water partition coefficient (Wildman–Crippen LogP) is 1.04. The lowest BCUT2D eigenvalue weighted by Crippen LogP contribution is -2.61. The summed E-state index contributed by atoms with van der Waals surface area (Å²) >= 11 is 3.29. The standard InChI is InChI=1S/C16H26N2O4S2/c1-18(6-2-3-7-18)8-4-10-23-16-12(15(21)22)17-13(20)11(5-9-19)14(17)24-16/h11-12,14,16,19H,2-10H2,1H3/p+1/t11?,12?,14-,16?/m0/s1. The van der Waals surface area contributed by atoms with Gasteiger partial charge in [0.2, 0.25) is 5.91 Å². The molecule has 3 aliphatic heterocycles. The Balaban J connectivity index is 1.51. The Bertz CT molecular complexity index is 498. The molecule has 1 amide bonds. The van der Waals surface area contributed by atoms with Crippen molar-refractivity contribution < 1.29 is 24.3 Å². The number of carbonyl (C=O) groups excluding carboxylic acids is 1.